The molecule has 0 spiro atoms. The second-order valence-electron chi connectivity index (χ2n) is 6.39. The maximum absolute atomic E-state index is 12.5. The monoisotopic (exact) mass is 369 g/mol. The first kappa shape index (κ1) is 18.6. The van der Waals surface area contributed by atoms with Gasteiger partial charge < -0.3 is 25.8 Å². The van der Waals surface area contributed by atoms with E-state index in [1.165, 1.54) is 0 Å². The molecule has 4 N–H and O–H groups in total. The topological polar surface area (TPSA) is 103 Å². The van der Waals surface area contributed by atoms with Crippen LogP contribution in [0.1, 0.15) is 35.3 Å². The normalized spacial score (nSPS) is 14.8. The number of ether oxygens (including phenoxy) is 2. The second-order valence-corrected chi connectivity index (χ2v) is 6.39. The van der Waals surface area contributed by atoms with Crippen molar-refractivity contribution in [3.63, 3.8) is 0 Å². The van der Waals surface area contributed by atoms with Gasteiger partial charge in [0.05, 0.1) is 6.61 Å². The zero-order valence-electron chi connectivity index (χ0n) is 15.4. The number of fused-ring (bicyclic) bond motifs is 1. The first-order valence-electron chi connectivity index (χ1n) is 8.86. The lowest BCUT2D eigenvalue weighted by Gasteiger charge is -2.13. The van der Waals surface area contributed by atoms with Gasteiger partial charge in [0.15, 0.2) is 0 Å². The van der Waals surface area contributed by atoms with E-state index in [0.29, 0.717) is 24.4 Å². The van der Waals surface area contributed by atoms with Gasteiger partial charge >= 0.3 is 6.03 Å². The number of benzene rings is 2. The van der Waals surface area contributed by atoms with E-state index in [0.717, 1.165) is 29.0 Å². The predicted molar refractivity (Wildman–Crippen MR) is 102 cm³/mol. The Hall–Kier alpha value is -3.22. The molecule has 0 aliphatic carbocycles. The van der Waals surface area contributed by atoms with Crippen LogP contribution in [0.5, 0.6) is 11.5 Å². The van der Waals surface area contributed by atoms with Crippen molar-refractivity contribution in [3.05, 3.63) is 53.1 Å². The summed E-state index contributed by atoms with van der Waals surface area (Å²) in [5.74, 6) is 1.32. The highest BCUT2D eigenvalue weighted by atomic mass is 16.5. The number of amides is 3. The van der Waals surface area contributed by atoms with Crippen LogP contribution >= 0.6 is 0 Å². The molecule has 2 aromatic carbocycles. The van der Waals surface area contributed by atoms with Crippen molar-refractivity contribution in [2.24, 2.45) is 5.73 Å². The molecule has 0 fully saturated rings. The largest absolute Gasteiger partial charge is 0.494 e. The third kappa shape index (κ3) is 4.49. The molecule has 3 amide bonds. The Bertz CT molecular complexity index is 866. The summed E-state index contributed by atoms with van der Waals surface area (Å²) < 4.78 is 11.5. The van der Waals surface area contributed by atoms with E-state index in [9.17, 15) is 9.59 Å². The Morgan fingerprint density at radius 3 is 2.85 bits per heavy atom. The molecule has 27 heavy (non-hydrogen) atoms. The summed E-state index contributed by atoms with van der Waals surface area (Å²) in [7, 11) is 0. The van der Waals surface area contributed by atoms with E-state index in [4.69, 9.17) is 15.2 Å². The van der Waals surface area contributed by atoms with Crippen LogP contribution in [0.25, 0.3) is 0 Å². The Morgan fingerprint density at radius 1 is 1.30 bits per heavy atom. The minimum Gasteiger partial charge on any atom is -0.494 e. The molecular formula is C20H23N3O4. The van der Waals surface area contributed by atoms with Crippen LogP contribution in [0.4, 0.5) is 10.5 Å². The number of carbonyl (C=O) groups is 2. The van der Waals surface area contributed by atoms with Crippen LogP contribution in [0.3, 0.4) is 0 Å². The van der Waals surface area contributed by atoms with Crippen molar-refractivity contribution < 1.29 is 19.1 Å². The van der Waals surface area contributed by atoms with Gasteiger partial charge in [-0.2, -0.15) is 0 Å². The zero-order chi connectivity index (χ0) is 19.4. The lowest BCUT2D eigenvalue weighted by Crippen LogP contribution is -2.24. The van der Waals surface area contributed by atoms with E-state index >= 15 is 0 Å². The average Bonchev–Trinajstić information content (AvgIpc) is 2.98. The molecule has 1 atom stereocenters. The van der Waals surface area contributed by atoms with Crippen LogP contribution in [-0.2, 0) is 13.0 Å². The number of anilines is 1. The first-order valence-corrected chi connectivity index (χ1v) is 8.86. The van der Waals surface area contributed by atoms with Crippen molar-refractivity contribution in [1.82, 2.24) is 5.32 Å². The van der Waals surface area contributed by atoms with Crippen molar-refractivity contribution in [1.29, 1.82) is 0 Å². The van der Waals surface area contributed by atoms with Gasteiger partial charge in [0.2, 0.25) is 0 Å². The molecule has 0 aromatic heterocycles. The summed E-state index contributed by atoms with van der Waals surface area (Å²) in [6, 6.07) is 9.80. The molecular weight excluding hydrogens is 346 g/mol. The predicted octanol–water partition coefficient (Wildman–Crippen LogP) is 2.83. The molecule has 7 nitrogen and oxygen atoms in total. The highest BCUT2D eigenvalue weighted by molar-refractivity contribution is 5.96. The average molecular weight is 369 g/mol. The lowest BCUT2D eigenvalue weighted by molar-refractivity contribution is 0.0950. The van der Waals surface area contributed by atoms with Crippen molar-refractivity contribution in [2.45, 2.75) is 32.9 Å². The molecule has 0 bridgehead atoms. The minimum atomic E-state index is -0.679. The summed E-state index contributed by atoms with van der Waals surface area (Å²) in [6.45, 7) is 4.78. The summed E-state index contributed by atoms with van der Waals surface area (Å²) >= 11 is 0. The highest BCUT2D eigenvalue weighted by Crippen LogP contribution is 2.35. The lowest BCUT2D eigenvalue weighted by atomic mass is 10.1. The molecule has 0 unspecified atom stereocenters. The van der Waals surface area contributed by atoms with Crippen LogP contribution in [0, 0.1) is 0 Å². The van der Waals surface area contributed by atoms with Gasteiger partial charge in [-0.25, -0.2) is 4.79 Å². The van der Waals surface area contributed by atoms with Crippen LogP contribution in [-0.4, -0.2) is 24.6 Å². The Kier molecular flexibility index (Phi) is 5.49. The van der Waals surface area contributed by atoms with Gasteiger partial charge in [-0.15, -0.1) is 0 Å². The fraction of sp³-hybridized carbons (Fsp3) is 0.300. The molecule has 3 rings (SSSR count). The van der Waals surface area contributed by atoms with Gasteiger partial charge in [0.1, 0.15) is 17.6 Å². The summed E-state index contributed by atoms with van der Waals surface area (Å²) in [5.41, 5.74) is 7.96. The molecule has 2 aromatic rings. The molecule has 1 aliphatic rings. The van der Waals surface area contributed by atoms with Gasteiger partial charge in [-0.1, -0.05) is 6.07 Å². The van der Waals surface area contributed by atoms with Crippen molar-refractivity contribution in [3.8, 4) is 11.5 Å². The van der Waals surface area contributed by atoms with E-state index in [1.54, 1.807) is 24.3 Å². The summed E-state index contributed by atoms with van der Waals surface area (Å²) in [5, 5.41) is 5.33. The molecule has 0 radical (unpaired) electrons. The number of hydrogen-bond acceptors (Lipinski definition) is 4. The third-order valence-corrected chi connectivity index (χ3v) is 4.21. The smallest absolute Gasteiger partial charge is 0.316 e. The second kappa shape index (κ2) is 7.99. The quantitative estimate of drug-likeness (QED) is 0.728. The Balaban J connectivity index is 1.73. The van der Waals surface area contributed by atoms with E-state index < -0.39 is 6.03 Å². The van der Waals surface area contributed by atoms with Crippen molar-refractivity contribution in [2.75, 3.05) is 11.9 Å². The number of nitrogens with one attached hydrogen (secondary N) is 2. The van der Waals surface area contributed by atoms with E-state index in [-0.39, 0.29) is 12.0 Å². The SMILES string of the molecule is CCOc1cc2c(cc1CNC(=O)c1cccc(NC(N)=O)c1)O[C@H](C)C2. The number of rotatable bonds is 6. The summed E-state index contributed by atoms with van der Waals surface area (Å²) in [4.78, 5) is 23.4. The number of carbonyl (C=O) groups excluding carboxylic acids is 2. The highest BCUT2D eigenvalue weighted by Gasteiger charge is 2.22. The van der Waals surface area contributed by atoms with Gasteiger partial charge in [0, 0.05) is 35.3 Å². The Labute approximate surface area is 157 Å². The van der Waals surface area contributed by atoms with Gasteiger partial charge in [-0.3, -0.25) is 4.79 Å². The number of urea groups is 1. The van der Waals surface area contributed by atoms with Crippen LogP contribution < -0.4 is 25.8 Å². The van der Waals surface area contributed by atoms with Crippen LogP contribution in [0.15, 0.2) is 36.4 Å². The number of primary amides is 1. The zero-order valence-corrected chi connectivity index (χ0v) is 15.4. The minimum absolute atomic E-state index is 0.139. The van der Waals surface area contributed by atoms with Gasteiger partial charge in [0.25, 0.3) is 5.91 Å². The first-order chi connectivity index (χ1) is 13.0. The Morgan fingerprint density at radius 2 is 2.11 bits per heavy atom. The fourth-order valence-corrected chi connectivity index (χ4v) is 3.07. The molecule has 1 aliphatic heterocycles. The van der Waals surface area contributed by atoms with Crippen LogP contribution in [0.2, 0.25) is 0 Å². The standard InChI is InChI=1S/C20H23N3O4/c1-3-26-17-9-14-7-12(2)27-18(14)10-15(17)11-22-19(24)13-5-4-6-16(8-13)23-20(21)25/h4-6,8-10,12H,3,7,11H2,1-2H3,(H,22,24)(H3,21,23,25)/t12-/m1/s1. The number of nitrogens with two attached hydrogens (primary N) is 1. The molecule has 142 valence electrons. The molecule has 7 heteroatoms. The maximum atomic E-state index is 12.5. The van der Waals surface area contributed by atoms with Gasteiger partial charge in [-0.05, 0) is 44.2 Å². The molecule has 0 saturated carbocycles. The number of hydrogen-bond donors (Lipinski definition) is 3. The van der Waals surface area contributed by atoms with E-state index in [1.807, 2.05) is 26.0 Å². The molecule has 1 heterocycles. The molecule has 0 saturated heterocycles. The third-order valence-electron chi connectivity index (χ3n) is 4.21. The van der Waals surface area contributed by atoms with E-state index in [2.05, 4.69) is 10.6 Å². The fourth-order valence-electron chi connectivity index (χ4n) is 3.07. The van der Waals surface area contributed by atoms with Crippen molar-refractivity contribution >= 4 is 17.6 Å². The summed E-state index contributed by atoms with van der Waals surface area (Å²) in [6.07, 6.45) is 0.988. The maximum Gasteiger partial charge on any atom is 0.316 e.